The maximum absolute atomic E-state index is 13.4. The van der Waals surface area contributed by atoms with Crippen LogP contribution in [0.4, 0.5) is 18.9 Å². The van der Waals surface area contributed by atoms with E-state index in [1.807, 2.05) is 35.2 Å². The van der Waals surface area contributed by atoms with Crippen LogP contribution < -0.4 is 4.90 Å². The summed E-state index contributed by atoms with van der Waals surface area (Å²) in [6.45, 7) is 3.48. The van der Waals surface area contributed by atoms with Gasteiger partial charge >= 0.3 is 6.18 Å². The Kier molecular flexibility index (Phi) is 5.87. The molecule has 7 heteroatoms. The molecule has 152 valence electrons. The Morgan fingerprint density at radius 1 is 0.897 bits per heavy atom. The molecule has 3 nitrogen and oxygen atoms in total. The van der Waals surface area contributed by atoms with Crippen LogP contribution in [0.1, 0.15) is 17.7 Å². The molecule has 4 rings (SSSR count). The lowest BCUT2D eigenvalue weighted by molar-refractivity contribution is -0.137. The van der Waals surface area contributed by atoms with Crippen LogP contribution in [0.5, 0.6) is 0 Å². The second kappa shape index (κ2) is 8.55. The largest absolute Gasteiger partial charge is 0.418 e. The Balaban J connectivity index is 1.42. The highest BCUT2D eigenvalue weighted by Gasteiger charge is 2.34. The minimum atomic E-state index is -4.34. The quantitative estimate of drug-likeness (QED) is 0.556. The molecule has 0 atom stereocenters. The number of nitrogens with zero attached hydrogens (tertiary/aromatic N) is 3. The number of halogens is 3. The number of rotatable bonds is 4. The zero-order valence-electron chi connectivity index (χ0n) is 15.9. The maximum atomic E-state index is 13.4. The molecule has 1 saturated heterocycles. The number of anilines is 1. The second-order valence-corrected chi connectivity index (χ2v) is 8.00. The lowest BCUT2D eigenvalue weighted by Crippen LogP contribution is -2.31. The molecule has 0 spiro atoms. The number of thiazole rings is 1. The van der Waals surface area contributed by atoms with Crippen molar-refractivity contribution in [3.8, 4) is 10.6 Å². The van der Waals surface area contributed by atoms with Crippen LogP contribution in [-0.2, 0) is 12.7 Å². The topological polar surface area (TPSA) is 19.4 Å². The maximum Gasteiger partial charge on any atom is 0.418 e. The number of hydrogen-bond donors (Lipinski definition) is 0. The van der Waals surface area contributed by atoms with E-state index in [1.165, 1.54) is 12.1 Å². The van der Waals surface area contributed by atoms with Crippen LogP contribution in [0.3, 0.4) is 0 Å². The van der Waals surface area contributed by atoms with Crippen molar-refractivity contribution >= 4 is 17.0 Å². The fourth-order valence-corrected chi connectivity index (χ4v) is 4.50. The van der Waals surface area contributed by atoms with E-state index in [0.717, 1.165) is 35.8 Å². The van der Waals surface area contributed by atoms with Crippen LogP contribution in [0.15, 0.2) is 60.0 Å². The second-order valence-electron chi connectivity index (χ2n) is 7.14. The fraction of sp³-hybridized carbons (Fsp3) is 0.318. The number of alkyl halides is 3. The molecule has 0 amide bonds. The molecule has 29 heavy (non-hydrogen) atoms. The van der Waals surface area contributed by atoms with Gasteiger partial charge in [-0.25, -0.2) is 4.98 Å². The first kappa shape index (κ1) is 19.9. The van der Waals surface area contributed by atoms with E-state index >= 15 is 0 Å². The Labute approximate surface area is 172 Å². The molecule has 2 heterocycles. The van der Waals surface area contributed by atoms with E-state index < -0.39 is 11.7 Å². The summed E-state index contributed by atoms with van der Waals surface area (Å²) in [6.07, 6.45) is -3.51. The third-order valence-corrected chi connectivity index (χ3v) is 6.04. The van der Waals surface area contributed by atoms with Crippen molar-refractivity contribution in [3.05, 3.63) is 71.2 Å². The summed E-state index contributed by atoms with van der Waals surface area (Å²) in [5.41, 5.74) is 1.84. The van der Waals surface area contributed by atoms with Crippen LogP contribution in [0.25, 0.3) is 10.6 Å². The molecular formula is C22H22F3N3S. The molecular weight excluding hydrogens is 395 g/mol. The predicted octanol–water partition coefficient (Wildman–Crippen LogP) is 5.54. The number of benzene rings is 2. The Morgan fingerprint density at radius 2 is 1.66 bits per heavy atom. The summed E-state index contributed by atoms with van der Waals surface area (Å²) in [7, 11) is 0. The van der Waals surface area contributed by atoms with Gasteiger partial charge in [-0.05, 0) is 18.6 Å². The SMILES string of the molecule is FC(F)(F)c1ccccc1N1CCCN(Cc2csc(-c3ccccc3)n2)CC1. The van der Waals surface area contributed by atoms with Crippen molar-refractivity contribution in [1.82, 2.24) is 9.88 Å². The zero-order chi connectivity index (χ0) is 20.3. The van der Waals surface area contributed by atoms with Gasteiger partial charge in [0.15, 0.2) is 0 Å². The van der Waals surface area contributed by atoms with Crippen molar-refractivity contribution in [1.29, 1.82) is 0 Å². The van der Waals surface area contributed by atoms with Crippen molar-refractivity contribution < 1.29 is 13.2 Å². The molecule has 0 unspecified atom stereocenters. The average Bonchev–Trinajstić information content (AvgIpc) is 3.06. The third kappa shape index (κ3) is 4.79. The number of hydrogen-bond acceptors (Lipinski definition) is 4. The molecule has 2 aromatic carbocycles. The van der Waals surface area contributed by atoms with E-state index in [9.17, 15) is 13.2 Å². The molecule has 0 bridgehead atoms. The van der Waals surface area contributed by atoms with E-state index in [4.69, 9.17) is 4.98 Å². The van der Waals surface area contributed by atoms with Crippen LogP contribution in [0, 0.1) is 0 Å². The van der Waals surface area contributed by atoms with Crippen molar-refractivity contribution in [3.63, 3.8) is 0 Å². The van der Waals surface area contributed by atoms with Gasteiger partial charge in [0.25, 0.3) is 0 Å². The summed E-state index contributed by atoms with van der Waals surface area (Å²) in [6, 6.07) is 15.9. The van der Waals surface area contributed by atoms with E-state index in [0.29, 0.717) is 19.6 Å². The zero-order valence-corrected chi connectivity index (χ0v) is 16.7. The first-order chi connectivity index (χ1) is 14.0. The highest BCUT2D eigenvalue weighted by molar-refractivity contribution is 7.13. The van der Waals surface area contributed by atoms with Crippen molar-refractivity contribution in [2.24, 2.45) is 0 Å². The Bertz CT molecular complexity index is 940. The van der Waals surface area contributed by atoms with Crippen LogP contribution >= 0.6 is 11.3 Å². The van der Waals surface area contributed by atoms with Gasteiger partial charge in [0, 0.05) is 49.4 Å². The van der Waals surface area contributed by atoms with E-state index in [-0.39, 0.29) is 5.69 Å². The molecule has 0 radical (unpaired) electrons. The molecule has 1 fully saturated rings. The predicted molar refractivity (Wildman–Crippen MR) is 111 cm³/mol. The average molecular weight is 418 g/mol. The number of para-hydroxylation sites is 1. The van der Waals surface area contributed by atoms with Gasteiger partial charge in [-0.3, -0.25) is 4.90 Å². The smallest absolute Gasteiger partial charge is 0.370 e. The van der Waals surface area contributed by atoms with Gasteiger partial charge in [0.2, 0.25) is 0 Å². The molecule has 1 aliphatic rings. The Morgan fingerprint density at radius 3 is 2.45 bits per heavy atom. The first-order valence-electron chi connectivity index (χ1n) is 9.64. The lowest BCUT2D eigenvalue weighted by Gasteiger charge is -2.26. The van der Waals surface area contributed by atoms with E-state index in [2.05, 4.69) is 10.3 Å². The monoisotopic (exact) mass is 417 g/mol. The van der Waals surface area contributed by atoms with Gasteiger partial charge in [-0.2, -0.15) is 13.2 Å². The molecule has 1 aliphatic heterocycles. The van der Waals surface area contributed by atoms with Gasteiger partial charge in [0.1, 0.15) is 5.01 Å². The van der Waals surface area contributed by atoms with Gasteiger partial charge < -0.3 is 4.90 Å². The summed E-state index contributed by atoms with van der Waals surface area (Å²) < 4.78 is 40.1. The van der Waals surface area contributed by atoms with Crippen molar-refractivity contribution in [2.75, 3.05) is 31.1 Å². The number of aromatic nitrogens is 1. The standard InChI is InChI=1S/C22H22F3N3S/c23-22(24,25)19-9-4-5-10-20(19)28-12-6-11-27(13-14-28)15-18-16-29-21(26-18)17-7-2-1-3-8-17/h1-5,7-10,16H,6,11-15H2. The van der Waals surface area contributed by atoms with Gasteiger partial charge in [0.05, 0.1) is 11.3 Å². The minimum absolute atomic E-state index is 0.280. The summed E-state index contributed by atoms with van der Waals surface area (Å²) in [5.74, 6) is 0. The molecule has 3 aromatic rings. The van der Waals surface area contributed by atoms with Gasteiger partial charge in [-0.1, -0.05) is 42.5 Å². The molecule has 0 saturated carbocycles. The van der Waals surface area contributed by atoms with Crippen molar-refractivity contribution in [2.45, 2.75) is 19.1 Å². The minimum Gasteiger partial charge on any atom is -0.370 e. The summed E-state index contributed by atoms with van der Waals surface area (Å²) in [5, 5.41) is 3.07. The molecule has 0 N–H and O–H groups in total. The highest BCUT2D eigenvalue weighted by atomic mass is 32.1. The normalized spacial score (nSPS) is 16.0. The summed E-state index contributed by atoms with van der Waals surface area (Å²) in [4.78, 5) is 8.88. The highest BCUT2D eigenvalue weighted by Crippen LogP contribution is 2.36. The van der Waals surface area contributed by atoms with Crippen LogP contribution in [0.2, 0.25) is 0 Å². The first-order valence-corrected chi connectivity index (χ1v) is 10.5. The van der Waals surface area contributed by atoms with Gasteiger partial charge in [-0.15, -0.1) is 11.3 Å². The summed E-state index contributed by atoms with van der Waals surface area (Å²) >= 11 is 1.63. The van der Waals surface area contributed by atoms with E-state index in [1.54, 1.807) is 23.5 Å². The third-order valence-electron chi connectivity index (χ3n) is 5.10. The molecule has 1 aromatic heterocycles. The molecule has 0 aliphatic carbocycles. The van der Waals surface area contributed by atoms with Crippen LogP contribution in [-0.4, -0.2) is 36.1 Å². The fourth-order valence-electron chi connectivity index (χ4n) is 3.68. The Hall–Kier alpha value is -2.38. The lowest BCUT2D eigenvalue weighted by atomic mass is 10.1.